The van der Waals surface area contributed by atoms with Crippen molar-refractivity contribution in [2.75, 3.05) is 0 Å². The maximum absolute atomic E-state index is 10.8. The molecular weight excluding hydrogens is 222 g/mol. The Morgan fingerprint density at radius 3 is 2.71 bits per heavy atom. The Morgan fingerprint density at radius 1 is 1.29 bits per heavy atom. The number of benzene rings is 1. The summed E-state index contributed by atoms with van der Waals surface area (Å²) in [5.74, 6) is 0. The molecule has 0 saturated heterocycles. The molecule has 0 unspecified atom stereocenters. The minimum absolute atomic E-state index is 0.179. The zero-order valence-electron chi connectivity index (χ0n) is 6.97. The SMILES string of the molecule is O=S(=O)(O)C1=Cc2ccccc2SN1. The molecule has 0 fully saturated rings. The maximum Gasteiger partial charge on any atom is 0.310 e. The van der Waals surface area contributed by atoms with Crippen LogP contribution in [0.3, 0.4) is 0 Å². The van der Waals surface area contributed by atoms with Crippen LogP contribution < -0.4 is 4.72 Å². The fraction of sp³-hybridized carbons (Fsp3) is 0. The second kappa shape index (κ2) is 3.30. The minimum atomic E-state index is -4.14. The molecule has 0 saturated carbocycles. The van der Waals surface area contributed by atoms with Gasteiger partial charge in [-0.3, -0.25) is 4.55 Å². The largest absolute Gasteiger partial charge is 0.314 e. The third-order valence-corrected chi connectivity index (χ3v) is 3.56. The van der Waals surface area contributed by atoms with Gasteiger partial charge in [-0.25, -0.2) is 0 Å². The lowest BCUT2D eigenvalue weighted by atomic mass is 10.2. The van der Waals surface area contributed by atoms with Crippen molar-refractivity contribution >= 4 is 28.1 Å². The monoisotopic (exact) mass is 229 g/mol. The molecule has 2 N–H and O–H groups in total. The molecule has 2 rings (SSSR count). The molecule has 0 atom stereocenters. The van der Waals surface area contributed by atoms with Gasteiger partial charge in [0.1, 0.15) is 0 Å². The second-order valence-corrected chi connectivity index (χ2v) is 4.96. The highest BCUT2D eigenvalue weighted by atomic mass is 32.2. The average molecular weight is 229 g/mol. The van der Waals surface area contributed by atoms with Crippen molar-refractivity contribution in [3.05, 3.63) is 34.9 Å². The van der Waals surface area contributed by atoms with Crippen LogP contribution >= 0.6 is 11.9 Å². The van der Waals surface area contributed by atoms with E-state index in [9.17, 15) is 8.42 Å². The summed E-state index contributed by atoms with van der Waals surface area (Å²) in [4.78, 5) is 0.930. The third kappa shape index (κ3) is 1.77. The molecule has 1 aromatic carbocycles. The molecule has 1 aliphatic heterocycles. The van der Waals surface area contributed by atoms with Crippen LogP contribution in [0.15, 0.2) is 34.2 Å². The first-order valence-electron chi connectivity index (χ1n) is 3.78. The second-order valence-electron chi connectivity index (χ2n) is 2.73. The summed E-state index contributed by atoms with van der Waals surface area (Å²) >= 11 is 1.17. The van der Waals surface area contributed by atoms with E-state index in [0.29, 0.717) is 0 Å². The van der Waals surface area contributed by atoms with E-state index in [1.54, 1.807) is 6.07 Å². The van der Waals surface area contributed by atoms with Gasteiger partial charge in [0.05, 0.1) is 0 Å². The first-order chi connectivity index (χ1) is 6.57. The lowest BCUT2D eigenvalue weighted by Crippen LogP contribution is -2.16. The predicted molar refractivity (Wildman–Crippen MR) is 55.0 cm³/mol. The summed E-state index contributed by atoms with van der Waals surface area (Å²) < 4.78 is 33.0. The Kier molecular flexibility index (Phi) is 2.26. The van der Waals surface area contributed by atoms with Crippen LogP contribution in [0.2, 0.25) is 0 Å². The summed E-state index contributed by atoms with van der Waals surface area (Å²) in [7, 11) is -4.14. The van der Waals surface area contributed by atoms with Gasteiger partial charge >= 0.3 is 10.1 Å². The Labute approximate surface area is 85.9 Å². The summed E-state index contributed by atoms with van der Waals surface area (Å²) in [5.41, 5.74) is 0.781. The van der Waals surface area contributed by atoms with E-state index in [1.165, 1.54) is 18.0 Å². The standard InChI is InChI=1S/C8H7NO3S2/c10-14(11,12)8-5-6-3-1-2-4-7(6)13-9-8/h1-5,9H,(H,10,11,12). The topological polar surface area (TPSA) is 66.4 Å². The molecule has 1 aliphatic rings. The molecule has 0 radical (unpaired) electrons. The van der Waals surface area contributed by atoms with E-state index in [0.717, 1.165) is 10.5 Å². The van der Waals surface area contributed by atoms with Gasteiger partial charge in [0.2, 0.25) is 0 Å². The highest BCUT2D eigenvalue weighted by Gasteiger charge is 2.18. The fourth-order valence-corrected chi connectivity index (χ4v) is 2.58. The smallest absolute Gasteiger partial charge is 0.310 e. The Bertz CT molecular complexity index is 493. The molecule has 0 aromatic heterocycles. The van der Waals surface area contributed by atoms with Crippen LogP contribution in [0.1, 0.15) is 5.56 Å². The van der Waals surface area contributed by atoms with Gasteiger partial charge in [0, 0.05) is 4.90 Å². The molecule has 1 heterocycles. The van der Waals surface area contributed by atoms with Crippen molar-refractivity contribution in [2.45, 2.75) is 4.90 Å². The van der Waals surface area contributed by atoms with Crippen molar-refractivity contribution in [3.8, 4) is 0 Å². The van der Waals surface area contributed by atoms with Gasteiger partial charge in [-0.15, -0.1) is 0 Å². The third-order valence-electron chi connectivity index (χ3n) is 1.75. The molecule has 4 nitrogen and oxygen atoms in total. The molecule has 0 bridgehead atoms. The normalized spacial score (nSPS) is 15.4. The first kappa shape index (κ1) is 9.57. The summed E-state index contributed by atoms with van der Waals surface area (Å²) in [5, 5.41) is -0.179. The minimum Gasteiger partial charge on any atom is -0.314 e. The van der Waals surface area contributed by atoms with Gasteiger partial charge in [-0.05, 0) is 29.7 Å². The van der Waals surface area contributed by atoms with Crippen LogP contribution in [-0.4, -0.2) is 13.0 Å². The number of fused-ring (bicyclic) bond motifs is 1. The van der Waals surface area contributed by atoms with E-state index in [4.69, 9.17) is 4.55 Å². The quantitative estimate of drug-likeness (QED) is 0.564. The Balaban J connectivity index is 2.51. The number of hydrogen-bond donors (Lipinski definition) is 2. The van der Waals surface area contributed by atoms with E-state index < -0.39 is 10.1 Å². The van der Waals surface area contributed by atoms with Crippen molar-refractivity contribution in [1.82, 2.24) is 4.72 Å². The lowest BCUT2D eigenvalue weighted by Gasteiger charge is -2.14. The van der Waals surface area contributed by atoms with Gasteiger partial charge < -0.3 is 4.72 Å². The van der Waals surface area contributed by atoms with Crippen molar-refractivity contribution < 1.29 is 13.0 Å². The lowest BCUT2D eigenvalue weighted by molar-refractivity contribution is 0.490. The van der Waals surface area contributed by atoms with Crippen molar-refractivity contribution in [1.29, 1.82) is 0 Å². The van der Waals surface area contributed by atoms with E-state index >= 15 is 0 Å². The maximum atomic E-state index is 10.8. The van der Waals surface area contributed by atoms with Crippen molar-refractivity contribution in [2.24, 2.45) is 0 Å². The van der Waals surface area contributed by atoms with Crippen LogP contribution in [0.25, 0.3) is 6.08 Å². The summed E-state index contributed by atoms with van der Waals surface area (Å²) in [6.07, 6.45) is 1.40. The Hall–Kier alpha value is -0.980. The molecular formula is C8H7NO3S2. The van der Waals surface area contributed by atoms with E-state index in [1.807, 2.05) is 18.2 Å². The van der Waals surface area contributed by atoms with Gasteiger partial charge in [0.25, 0.3) is 0 Å². The van der Waals surface area contributed by atoms with Gasteiger partial charge in [0.15, 0.2) is 5.03 Å². The summed E-state index contributed by atoms with van der Waals surface area (Å²) in [6, 6.07) is 7.32. The van der Waals surface area contributed by atoms with Crippen molar-refractivity contribution in [3.63, 3.8) is 0 Å². The van der Waals surface area contributed by atoms with Gasteiger partial charge in [-0.2, -0.15) is 8.42 Å². The average Bonchev–Trinajstić information content (AvgIpc) is 2.16. The zero-order valence-corrected chi connectivity index (χ0v) is 8.60. The number of hydrogen-bond acceptors (Lipinski definition) is 4. The summed E-state index contributed by atoms with van der Waals surface area (Å²) in [6.45, 7) is 0. The molecule has 6 heteroatoms. The predicted octanol–water partition coefficient (Wildman–Crippen LogP) is 1.48. The van der Waals surface area contributed by atoms with Gasteiger partial charge in [-0.1, -0.05) is 18.2 Å². The van der Waals surface area contributed by atoms with Crippen LogP contribution in [0.4, 0.5) is 0 Å². The van der Waals surface area contributed by atoms with Crippen LogP contribution in [0.5, 0.6) is 0 Å². The van der Waals surface area contributed by atoms with E-state index in [-0.39, 0.29) is 5.03 Å². The van der Waals surface area contributed by atoms with Crippen LogP contribution in [0, 0.1) is 0 Å². The molecule has 0 amide bonds. The molecule has 74 valence electrons. The highest BCUT2D eigenvalue weighted by Crippen LogP contribution is 2.28. The number of nitrogens with one attached hydrogen (secondary N) is 1. The molecule has 0 aliphatic carbocycles. The zero-order chi connectivity index (χ0) is 10.2. The first-order valence-corrected chi connectivity index (χ1v) is 6.04. The Morgan fingerprint density at radius 2 is 2.00 bits per heavy atom. The fourth-order valence-electron chi connectivity index (χ4n) is 1.10. The molecule has 0 spiro atoms. The molecule has 14 heavy (non-hydrogen) atoms. The molecule has 1 aromatic rings. The number of rotatable bonds is 1. The highest BCUT2D eigenvalue weighted by molar-refractivity contribution is 7.99. The van der Waals surface area contributed by atoms with Crippen LogP contribution in [-0.2, 0) is 10.1 Å². The van der Waals surface area contributed by atoms with E-state index in [2.05, 4.69) is 4.72 Å².